The number of hydrogen-bond donors (Lipinski definition) is 2. The molecule has 1 atom stereocenters. The number of nitrogens with one attached hydrogen (secondary N) is 1. The maximum Gasteiger partial charge on any atom is 0.490 e. The highest BCUT2D eigenvalue weighted by Gasteiger charge is 2.38. The Balaban J connectivity index is 0.000000321. The molecule has 0 radical (unpaired) electrons. The Bertz CT molecular complexity index is 796. The molecule has 148 valence electrons. The number of rotatable bonds is 4. The summed E-state index contributed by atoms with van der Waals surface area (Å²) in [5.41, 5.74) is 1.50. The second kappa shape index (κ2) is 9.29. The van der Waals surface area contributed by atoms with E-state index >= 15 is 0 Å². The normalized spacial score (nSPS) is 16.9. The molecule has 1 aliphatic rings. The number of carboxylic acids is 1. The third-order valence-corrected chi connectivity index (χ3v) is 4.09. The summed E-state index contributed by atoms with van der Waals surface area (Å²) in [4.78, 5) is 13.1. The van der Waals surface area contributed by atoms with Crippen LogP contribution in [0.5, 0.6) is 0 Å². The Morgan fingerprint density at radius 1 is 1.37 bits per heavy atom. The van der Waals surface area contributed by atoms with E-state index in [0.717, 1.165) is 36.9 Å². The summed E-state index contributed by atoms with van der Waals surface area (Å²) in [6, 6.07) is 6.50. The van der Waals surface area contributed by atoms with E-state index < -0.39 is 12.1 Å². The number of carbonyl (C=O) groups is 1. The highest BCUT2D eigenvalue weighted by molar-refractivity contribution is 6.30. The van der Waals surface area contributed by atoms with E-state index in [1.54, 1.807) is 6.07 Å². The van der Waals surface area contributed by atoms with Crippen molar-refractivity contribution in [1.82, 2.24) is 10.3 Å². The summed E-state index contributed by atoms with van der Waals surface area (Å²) in [7, 11) is 0. The van der Waals surface area contributed by atoms with Gasteiger partial charge in [0.2, 0.25) is 0 Å². The Labute approximate surface area is 157 Å². The molecule has 27 heavy (non-hydrogen) atoms. The molecule has 0 unspecified atom stereocenters. The van der Waals surface area contributed by atoms with Gasteiger partial charge in [0.25, 0.3) is 0 Å². The first-order valence-electron chi connectivity index (χ1n) is 8.04. The second-order valence-corrected chi connectivity index (χ2v) is 6.20. The van der Waals surface area contributed by atoms with Gasteiger partial charge < -0.3 is 15.2 Å². The number of benzene rings is 1. The molecule has 2 heterocycles. The first-order chi connectivity index (χ1) is 12.7. The summed E-state index contributed by atoms with van der Waals surface area (Å²) in [5.74, 6) is -3.06. The Morgan fingerprint density at radius 2 is 2.07 bits per heavy atom. The van der Waals surface area contributed by atoms with Crippen molar-refractivity contribution < 1.29 is 32.2 Å². The number of hydrogen-bond acceptors (Lipinski definition) is 4. The maximum absolute atomic E-state index is 13.1. The maximum atomic E-state index is 13.1. The summed E-state index contributed by atoms with van der Waals surface area (Å²) < 4.78 is 50.4. The van der Waals surface area contributed by atoms with Crippen LogP contribution < -0.4 is 5.32 Å². The van der Waals surface area contributed by atoms with E-state index in [-0.39, 0.29) is 5.82 Å². The molecular formula is C17H17ClF4N2O3. The molecule has 5 nitrogen and oxygen atoms in total. The molecule has 0 bridgehead atoms. The third kappa shape index (κ3) is 6.60. The van der Waals surface area contributed by atoms with E-state index in [9.17, 15) is 17.6 Å². The van der Waals surface area contributed by atoms with Gasteiger partial charge >= 0.3 is 12.1 Å². The van der Waals surface area contributed by atoms with Crippen molar-refractivity contribution in [3.05, 3.63) is 40.8 Å². The van der Waals surface area contributed by atoms with Gasteiger partial charge in [0.05, 0.1) is 11.6 Å². The number of nitrogens with zero attached hydrogens (tertiary/aromatic N) is 1. The monoisotopic (exact) mass is 408 g/mol. The first kappa shape index (κ1) is 21.3. The quantitative estimate of drug-likeness (QED) is 0.592. The van der Waals surface area contributed by atoms with E-state index in [4.69, 9.17) is 26.2 Å². The smallest absolute Gasteiger partial charge is 0.475 e. The van der Waals surface area contributed by atoms with Crippen molar-refractivity contribution in [2.24, 2.45) is 0 Å². The zero-order valence-electron chi connectivity index (χ0n) is 14.0. The van der Waals surface area contributed by atoms with Crippen LogP contribution in [0.4, 0.5) is 17.6 Å². The van der Waals surface area contributed by atoms with Crippen LogP contribution in [-0.4, -0.2) is 41.5 Å². The van der Waals surface area contributed by atoms with E-state index in [0.29, 0.717) is 23.3 Å². The van der Waals surface area contributed by atoms with Gasteiger partial charge in [-0.3, -0.25) is 0 Å². The van der Waals surface area contributed by atoms with Gasteiger partial charge in [-0.25, -0.2) is 14.2 Å². The molecule has 10 heteroatoms. The van der Waals surface area contributed by atoms with Crippen molar-refractivity contribution in [2.45, 2.75) is 31.7 Å². The van der Waals surface area contributed by atoms with Gasteiger partial charge in [-0.2, -0.15) is 13.2 Å². The van der Waals surface area contributed by atoms with Crippen LogP contribution >= 0.6 is 11.6 Å². The van der Waals surface area contributed by atoms with Gasteiger partial charge in [0, 0.05) is 36.7 Å². The minimum absolute atomic E-state index is 0.301. The van der Waals surface area contributed by atoms with Crippen molar-refractivity contribution in [1.29, 1.82) is 0 Å². The fourth-order valence-electron chi connectivity index (χ4n) is 2.46. The molecule has 1 fully saturated rings. The van der Waals surface area contributed by atoms with Crippen LogP contribution in [0.15, 0.2) is 24.3 Å². The number of aromatic nitrogens is 1. The minimum atomic E-state index is -5.08. The van der Waals surface area contributed by atoms with Gasteiger partial charge in [-0.15, -0.1) is 0 Å². The molecule has 2 aromatic rings. The fraction of sp³-hybridized carbons (Fsp3) is 0.412. The third-order valence-electron chi connectivity index (χ3n) is 3.76. The molecule has 0 aliphatic carbocycles. The first-order valence-corrected chi connectivity index (χ1v) is 8.41. The lowest BCUT2D eigenvalue weighted by atomic mass is 10.1. The number of carboxylic acid groups (broad SMARTS) is 1. The molecule has 0 amide bonds. The Hall–Kier alpha value is -1.97. The highest BCUT2D eigenvalue weighted by Crippen LogP contribution is 2.21. The predicted octanol–water partition coefficient (Wildman–Crippen LogP) is 3.93. The zero-order chi connectivity index (χ0) is 20.0. The van der Waals surface area contributed by atoms with Crippen LogP contribution in [-0.2, 0) is 16.1 Å². The van der Waals surface area contributed by atoms with Gasteiger partial charge in [0.1, 0.15) is 11.0 Å². The second-order valence-electron chi connectivity index (χ2n) is 5.84. The van der Waals surface area contributed by atoms with Gasteiger partial charge in [-0.1, -0.05) is 11.6 Å². The lowest BCUT2D eigenvalue weighted by molar-refractivity contribution is -0.192. The largest absolute Gasteiger partial charge is 0.490 e. The van der Waals surface area contributed by atoms with Crippen LogP contribution in [0.25, 0.3) is 10.9 Å². The fourth-order valence-corrected chi connectivity index (χ4v) is 2.67. The van der Waals surface area contributed by atoms with Crippen LogP contribution in [0.3, 0.4) is 0 Å². The molecule has 1 aromatic heterocycles. The van der Waals surface area contributed by atoms with Crippen molar-refractivity contribution in [2.75, 3.05) is 13.2 Å². The zero-order valence-corrected chi connectivity index (χ0v) is 14.8. The Morgan fingerprint density at radius 3 is 2.67 bits per heavy atom. The van der Waals surface area contributed by atoms with Crippen LogP contribution in [0, 0.1) is 5.82 Å². The van der Waals surface area contributed by atoms with Crippen LogP contribution in [0.1, 0.15) is 18.4 Å². The standard InChI is InChI=1S/C15H16ClFN2O.C2HF3O2/c16-15-11(8-18-9-13-2-1-5-20-13)6-10-3-4-12(17)7-14(10)19-15;3-2(4,5)1(6)7/h3-4,6-7,13,18H,1-2,5,8-9H2;(H,6,7)/t13-;/m1./s1. The molecule has 0 spiro atoms. The van der Waals surface area contributed by atoms with Crippen molar-refractivity contribution >= 4 is 28.5 Å². The number of ether oxygens (including phenoxy) is 1. The number of halogens is 5. The molecule has 0 saturated carbocycles. The molecule has 1 saturated heterocycles. The lowest BCUT2D eigenvalue weighted by Crippen LogP contribution is -2.25. The average Bonchev–Trinajstić information content (AvgIpc) is 3.08. The average molecular weight is 409 g/mol. The van der Waals surface area contributed by atoms with E-state index in [1.165, 1.54) is 12.1 Å². The van der Waals surface area contributed by atoms with E-state index in [1.807, 2.05) is 6.07 Å². The molecule has 1 aliphatic heterocycles. The molecule has 2 N–H and O–H groups in total. The number of pyridine rings is 1. The predicted molar refractivity (Wildman–Crippen MR) is 91.1 cm³/mol. The molecule has 3 rings (SSSR count). The number of fused-ring (bicyclic) bond motifs is 1. The summed E-state index contributed by atoms with van der Waals surface area (Å²) >= 11 is 6.15. The van der Waals surface area contributed by atoms with Crippen molar-refractivity contribution in [3.8, 4) is 0 Å². The minimum Gasteiger partial charge on any atom is -0.475 e. The van der Waals surface area contributed by atoms with Crippen LogP contribution in [0.2, 0.25) is 5.15 Å². The SMILES string of the molecule is Fc1ccc2cc(CNC[C@H]3CCCO3)c(Cl)nc2c1.O=C(O)C(F)(F)F. The lowest BCUT2D eigenvalue weighted by Gasteiger charge is -2.11. The molecule has 1 aromatic carbocycles. The van der Waals surface area contributed by atoms with Crippen molar-refractivity contribution in [3.63, 3.8) is 0 Å². The van der Waals surface area contributed by atoms with Gasteiger partial charge in [0.15, 0.2) is 0 Å². The Kier molecular flexibility index (Phi) is 7.34. The molecular weight excluding hydrogens is 392 g/mol. The topological polar surface area (TPSA) is 71.5 Å². The highest BCUT2D eigenvalue weighted by atomic mass is 35.5. The van der Waals surface area contributed by atoms with Gasteiger partial charge in [-0.05, 0) is 31.0 Å². The summed E-state index contributed by atoms with van der Waals surface area (Å²) in [6.45, 7) is 2.31. The number of alkyl halides is 3. The number of aliphatic carboxylic acids is 1. The summed E-state index contributed by atoms with van der Waals surface area (Å²) in [6.07, 6.45) is -2.54. The summed E-state index contributed by atoms with van der Waals surface area (Å²) in [5, 5.41) is 11.8. The van der Waals surface area contributed by atoms with E-state index in [2.05, 4.69) is 10.3 Å².